The van der Waals surface area contributed by atoms with E-state index in [0.29, 0.717) is 12.1 Å². The van der Waals surface area contributed by atoms with Gasteiger partial charge >= 0.3 is 6.18 Å². The molecule has 0 heterocycles. The summed E-state index contributed by atoms with van der Waals surface area (Å²) < 4.78 is 60.8. The third-order valence-electron chi connectivity index (χ3n) is 1.44. The summed E-state index contributed by atoms with van der Waals surface area (Å²) in [5.41, 5.74) is 2.15. The number of rotatable bonds is 0. The molecule has 72 valence electrons. The minimum absolute atomic E-state index is 0.383. The minimum atomic E-state index is -4.77. The molecule has 1 aromatic rings. The van der Waals surface area contributed by atoms with Crippen LogP contribution in [-0.4, -0.2) is 0 Å². The van der Waals surface area contributed by atoms with Crippen molar-refractivity contribution in [3.63, 3.8) is 0 Å². The number of nitrogen functional groups attached to an aromatic ring is 1. The molecule has 0 saturated carbocycles. The Bertz CT molecular complexity index is 330. The molecule has 0 spiro atoms. The maximum atomic E-state index is 12.5. The van der Waals surface area contributed by atoms with Gasteiger partial charge in [0.1, 0.15) is 0 Å². The van der Waals surface area contributed by atoms with E-state index in [1.54, 1.807) is 0 Å². The van der Waals surface area contributed by atoms with Crippen LogP contribution in [0.25, 0.3) is 0 Å². The standard InChI is InChI=1S/C7H4F5N/c8-4-2-1-3(7(10,11)12)6(13)5(4)9/h1-2H,13H2. The van der Waals surface area contributed by atoms with Crippen molar-refractivity contribution in [3.05, 3.63) is 29.3 Å². The summed E-state index contributed by atoms with van der Waals surface area (Å²) in [7, 11) is 0. The summed E-state index contributed by atoms with van der Waals surface area (Å²) in [6.45, 7) is 0. The molecule has 0 bridgehead atoms. The number of hydrogen-bond donors (Lipinski definition) is 1. The average molecular weight is 197 g/mol. The van der Waals surface area contributed by atoms with Gasteiger partial charge in [-0.1, -0.05) is 0 Å². The highest BCUT2D eigenvalue weighted by Crippen LogP contribution is 2.35. The van der Waals surface area contributed by atoms with Gasteiger partial charge in [-0.25, -0.2) is 8.78 Å². The van der Waals surface area contributed by atoms with Crippen LogP contribution in [0.5, 0.6) is 0 Å². The second kappa shape index (κ2) is 2.86. The molecule has 1 nitrogen and oxygen atoms in total. The second-order valence-electron chi connectivity index (χ2n) is 2.32. The molecule has 1 rings (SSSR count). The van der Waals surface area contributed by atoms with Gasteiger partial charge in [-0.3, -0.25) is 0 Å². The van der Waals surface area contributed by atoms with Gasteiger partial charge in [-0.05, 0) is 12.1 Å². The van der Waals surface area contributed by atoms with Gasteiger partial charge in [-0.15, -0.1) is 0 Å². The predicted molar refractivity (Wildman–Crippen MR) is 35.8 cm³/mol. The van der Waals surface area contributed by atoms with E-state index in [9.17, 15) is 22.0 Å². The van der Waals surface area contributed by atoms with Crippen molar-refractivity contribution in [2.24, 2.45) is 0 Å². The van der Waals surface area contributed by atoms with Crippen LogP contribution in [-0.2, 0) is 6.18 Å². The van der Waals surface area contributed by atoms with Crippen LogP contribution >= 0.6 is 0 Å². The Morgan fingerprint density at radius 3 is 2.08 bits per heavy atom. The summed E-state index contributed by atoms with van der Waals surface area (Å²) in [5, 5.41) is 0. The Morgan fingerprint density at radius 2 is 1.62 bits per heavy atom. The molecule has 0 unspecified atom stereocenters. The summed E-state index contributed by atoms with van der Waals surface area (Å²) in [5.74, 6) is -3.07. The van der Waals surface area contributed by atoms with E-state index in [4.69, 9.17) is 5.73 Å². The van der Waals surface area contributed by atoms with Crippen LogP contribution in [0.2, 0.25) is 0 Å². The van der Waals surface area contributed by atoms with Gasteiger partial charge in [0.25, 0.3) is 0 Å². The Morgan fingerprint density at radius 1 is 1.08 bits per heavy atom. The molecule has 0 aromatic heterocycles. The van der Waals surface area contributed by atoms with Crippen LogP contribution < -0.4 is 5.73 Å². The molecule has 0 radical (unpaired) electrons. The Hall–Kier alpha value is -1.33. The summed E-state index contributed by atoms with van der Waals surface area (Å²) >= 11 is 0. The molecule has 6 heteroatoms. The molecule has 0 aliphatic carbocycles. The predicted octanol–water partition coefficient (Wildman–Crippen LogP) is 2.57. The molecule has 0 aliphatic heterocycles. The first-order valence-electron chi connectivity index (χ1n) is 3.14. The molecule has 0 saturated heterocycles. The van der Waals surface area contributed by atoms with E-state index in [1.165, 1.54) is 0 Å². The van der Waals surface area contributed by atoms with Crippen molar-refractivity contribution in [2.75, 3.05) is 5.73 Å². The molecule has 1 aromatic carbocycles. The molecule has 0 aliphatic rings. The Labute approximate surface area is 70.0 Å². The molecule has 2 N–H and O–H groups in total. The third kappa shape index (κ3) is 1.71. The highest BCUT2D eigenvalue weighted by atomic mass is 19.4. The zero-order chi connectivity index (χ0) is 10.2. The highest BCUT2D eigenvalue weighted by molar-refractivity contribution is 5.49. The topological polar surface area (TPSA) is 26.0 Å². The number of hydrogen-bond acceptors (Lipinski definition) is 1. The van der Waals surface area contributed by atoms with E-state index in [0.717, 1.165) is 0 Å². The lowest BCUT2D eigenvalue weighted by atomic mass is 10.1. The lowest BCUT2D eigenvalue weighted by molar-refractivity contribution is -0.137. The first kappa shape index (κ1) is 9.76. The zero-order valence-electron chi connectivity index (χ0n) is 6.12. The highest BCUT2D eigenvalue weighted by Gasteiger charge is 2.34. The van der Waals surface area contributed by atoms with Gasteiger partial charge in [0.05, 0.1) is 11.3 Å². The van der Waals surface area contributed by atoms with Crippen molar-refractivity contribution < 1.29 is 22.0 Å². The quantitative estimate of drug-likeness (QED) is 0.502. The van der Waals surface area contributed by atoms with Crippen LogP contribution in [0, 0.1) is 11.6 Å². The monoisotopic (exact) mass is 197 g/mol. The van der Waals surface area contributed by atoms with Crippen molar-refractivity contribution >= 4 is 5.69 Å². The first-order valence-corrected chi connectivity index (χ1v) is 3.14. The van der Waals surface area contributed by atoms with Gasteiger partial charge in [0.2, 0.25) is 0 Å². The van der Waals surface area contributed by atoms with E-state index in [-0.39, 0.29) is 0 Å². The SMILES string of the molecule is Nc1c(C(F)(F)F)ccc(F)c1F. The maximum absolute atomic E-state index is 12.5. The van der Waals surface area contributed by atoms with Gasteiger partial charge < -0.3 is 5.73 Å². The minimum Gasteiger partial charge on any atom is -0.396 e. The first-order chi connectivity index (χ1) is 5.84. The number of halogens is 5. The Kier molecular flexibility index (Phi) is 2.15. The second-order valence-corrected chi connectivity index (χ2v) is 2.32. The van der Waals surface area contributed by atoms with E-state index in [1.807, 2.05) is 0 Å². The molecule has 0 atom stereocenters. The fraction of sp³-hybridized carbons (Fsp3) is 0.143. The van der Waals surface area contributed by atoms with E-state index < -0.39 is 29.1 Å². The molecule has 13 heavy (non-hydrogen) atoms. The summed E-state index contributed by atoms with van der Waals surface area (Å²) in [6, 6.07) is 0.780. The normalized spacial score (nSPS) is 11.8. The molecule has 0 amide bonds. The van der Waals surface area contributed by atoms with Gasteiger partial charge in [-0.2, -0.15) is 13.2 Å². The third-order valence-corrected chi connectivity index (χ3v) is 1.44. The van der Waals surface area contributed by atoms with Crippen LogP contribution in [0.4, 0.5) is 27.6 Å². The van der Waals surface area contributed by atoms with Crippen LogP contribution in [0.3, 0.4) is 0 Å². The zero-order valence-corrected chi connectivity index (χ0v) is 6.12. The van der Waals surface area contributed by atoms with Crippen molar-refractivity contribution in [3.8, 4) is 0 Å². The van der Waals surface area contributed by atoms with Gasteiger partial charge in [0, 0.05) is 0 Å². The number of nitrogens with two attached hydrogens (primary N) is 1. The average Bonchev–Trinajstić information content (AvgIpc) is 1.98. The van der Waals surface area contributed by atoms with Gasteiger partial charge in [0.15, 0.2) is 11.6 Å². The molecular weight excluding hydrogens is 193 g/mol. The van der Waals surface area contributed by atoms with Crippen molar-refractivity contribution in [1.82, 2.24) is 0 Å². The largest absolute Gasteiger partial charge is 0.418 e. The smallest absolute Gasteiger partial charge is 0.396 e. The lowest BCUT2D eigenvalue weighted by Crippen LogP contribution is -2.11. The lowest BCUT2D eigenvalue weighted by Gasteiger charge is -2.09. The van der Waals surface area contributed by atoms with E-state index >= 15 is 0 Å². The maximum Gasteiger partial charge on any atom is 0.418 e. The molecular formula is C7H4F5N. The summed E-state index contributed by atoms with van der Waals surface area (Å²) in [6.07, 6.45) is -4.77. The van der Waals surface area contributed by atoms with Crippen molar-refractivity contribution in [1.29, 1.82) is 0 Å². The number of benzene rings is 1. The van der Waals surface area contributed by atoms with Crippen LogP contribution in [0.1, 0.15) is 5.56 Å². The van der Waals surface area contributed by atoms with Crippen molar-refractivity contribution in [2.45, 2.75) is 6.18 Å². The van der Waals surface area contributed by atoms with Crippen LogP contribution in [0.15, 0.2) is 12.1 Å². The Balaban J connectivity index is 3.35. The summed E-state index contributed by atoms with van der Waals surface area (Å²) in [4.78, 5) is 0. The number of alkyl halides is 3. The molecule has 0 fully saturated rings. The number of anilines is 1. The van der Waals surface area contributed by atoms with E-state index in [2.05, 4.69) is 0 Å². The fourth-order valence-corrected chi connectivity index (χ4v) is 0.814. The fourth-order valence-electron chi connectivity index (χ4n) is 0.814.